The average Bonchev–Trinajstić information content (AvgIpc) is 2.58. The molecule has 1 heterocycles. The van der Waals surface area contributed by atoms with Crippen LogP contribution in [0, 0.1) is 11.3 Å². The molecule has 0 saturated carbocycles. The first-order chi connectivity index (χ1) is 8.46. The largest absolute Gasteiger partial charge is 0.351 e. The van der Waals surface area contributed by atoms with E-state index in [1.807, 2.05) is 13.0 Å². The Morgan fingerprint density at radius 2 is 2.28 bits per heavy atom. The molecule has 6 nitrogen and oxygen atoms in total. The molecule has 1 amide bonds. The van der Waals surface area contributed by atoms with Crippen LogP contribution in [0.1, 0.15) is 19.8 Å². The topological polar surface area (TPSA) is 90.3 Å². The van der Waals surface area contributed by atoms with Gasteiger partial charge in [-0.15, -0.1) is 0 Å². The molecule has 0 aromatic rings. The fourth-order valence-corrected chi connectivity index (χ4v) is 3.69. The fraction of sp³-hybridized carbons (Fsp3) is 0.818. The first kappa shape index (κ1) is 14.9. The number of nitrogens with zero attached hydrogens (tertiary/aromatic N) is 2. The van der Waals surface area contributed by atoms with Gasteiger partial charge in [-0.05, 0) is 19.4 Å². The molecular weight excluding hydrogens is 254 g/mol. The Hall–Kier alpha value is -1.13. The molecule has 1 fully saturated rings. The summed E-state index contributed by atoms with van der Waals surface area (Å²) < 4.78 is 22.5. The molecule has 1 saturated heterocycles. The van der Waals surface area contributed by atoms with Crippen LogP contribution >= 0.6 is 0 Å². The number of sulfone groups is 1. The van der Waals surface area contributed by atoms with Gasteiger partial charge < -0.3 is 5.32 Å². The summed E-state index contributed by atoms with van der Waals surface area (Å²) in [6, 6.07) is 1.74. The van der Waals surface area contributed by atoms with E-state index in [0.29, 0.717) is 13.0 Å². The quantitative estimate of drug-likeness (QED) is 0.660. The van der Waals surface area contributed by atoms with Crippen LogP contribution < -0.4 is 5.32 Å². The summed E-state index contributed by atoms with van der Waals surface area (Å²) in [5, 5.41) is 11.3. The van der Waals surface area contributed by atoms with Crippen molar-refractivity contribution in [3.05, 3.63) is 0 Å². The van der Waals surface area contributed by atoms with Gasteiger partial charge in [-0.3, -0.25) is 9.69 Å². The number of nitrogens with one attached hydrogen (secondary N) is 1. The second-order valence-electron chi connectivity index (χ2n) is 4.54. The van der Waals surface area contributed by atoms with Crippen LogP contribution in [0.15, 0.2) is 0 Å². The molecule has 7 heteroatoms. The summed E-state index contributed by atoms with van der Waals surface area (Å²) in [5.41, 5.74) is 0. The first-order valence-corrected chi connectivity index (χ1v) is 7.88. The lowest BCUT2D eigenvalue weighted by molar-refractivity contribution is -0.122. The molecule has 0 unspecified atom stereocenters. The monoisotopic (exact) mass is 273 g/mol. The number of rotatable bonds is 6. The minimum Gasteiger partial charge on any atom is -0.351 e. The summed E-state index contributed by atoms with van der Waals surface area (Å²) in [5.74, 6) is -0.0274. The molecule has 18 heavy (non-hydrogen) atoms. The van der Waals surface area contributed by atoms with Gasteiger partial charge in [0.15, 0.2) is 9.84 Å². The molecule has 0 spiro atoms. The number of carbonyl (C=O) groups excluding carboxylic acids is 1. The Balaban J connectivity index is 2.39. The van der Waals surface area contributed by atoms with E-state index in [1.54, 1.807) is 4.90 Å². The molecule has 1 aliphatic rings. The van der Waals surface area contributed by atoms with E-state index in [2.05, 4.69) is 5.32 Å². The number of amides is 1. The van der Waals surface area contributed by atoms with E-state index in [9.17, 15) is 13.2 Å². The van der Waals surface area contributed by atoms with Gasteiger partial charge >= 0.3 is 0 Å². The van der Waals surface area contributed by atoms with Crippen LogP contribution in [0.2, 0.25) is 0 Å². The fourth-order valence-electron chi connectivity index (χ4n) is 2.02. The zero-order valence-corrected chi connectivity index (χ0v) is 11.4. The molecule has 0 aromatic heterocycles. The van der Waals surface area contributed by atoms with Crippen molar-refractivity contribution in [1.29, 1.82) is 5.26 Å². The first-order valence-electron chi connectivity index (χ1n) is 6.06. The highest BCUT2D eigenvalue weighted by Crippen LogP contribution is 2.11. The maximum Gasteiger partial charge on any atom is 0.234 e. The van der Waals surface area contributed by atoms with Crippen LogP contribution in [-0.4, -0.2) is 56.4 Å². The Bertz CT molecular complexity index is 427. The second-order valence-corrected chi connectivity index (χ2v) is 6.76. The predicted octanol–water partition coefficient (Wildman–Crippen LogP) is -0.475. The molecule has 1 aliphatic heterocycles. The van der Waals surface area contributed by atoms with Crippen molar-refractivity contribution < 1.29 is 13.2 Å². The molecular formula is C11H19N3O3S. The summed E-state index contributed by atoms with van der Waals surface area (Å²) in [7, 11) is -2.97. The third kappa shape index (κ3) is 5.02. The van der Waals surface area contributed by atoms with Gasteiger partial charge in [-0.25, -0.2) is 8.42 Å². The molecule has 1 atom stereocenters. The molecule has 102 valence electrons. The standard InChI is InChI=1S/C11H19N3O3S/c1-2-5-14(6-4-12)8-11(15)13-10-3-7-18(16,17)9-10/h10H,2-3,5-9H2,1H3,(H,13,15)/t10-/m1/s1. The smallest absolute Gasteiger partial charge is 0.234 e. The van der Waals surface area contributed by atoms with Crippen molar-refractivity contribution >= 4 is 15.7 Å². The van der Waals surface area contributed by atoms with Gasteiger partial charge in [0.25, 0.3) is 0 Å². The van der Waals surface area contributed by atoms with Gasteiger partial charge in [0, 0.05) is 6.04 Å². The molecule has 1 N–H and O–H groups in total. The summed E-state index contributed by atoms with van der Waals surface area (Å²) in [6.45, 7) is 3.03. The highest BCUT2D eigenvalue weighted by molar-refractivity contribution is 7.91. The molecule has 0 aromatic carbocycles. The van der Waals surface area contributed by atoms with Crippen molar-refractivity contribution in [2.45, 2.75) is 25.8 Å². The Morgan fingerprint density at radius 3 is 2.78 bits per heavy atom. The number of hydrogen-bond donors (Lipinski definition) is 1. The van der Waals surface area contributed by atoms with Crippen LogP contribution in [0.25, 0.3) is 0 Å². The highest BCUT2D eigenvalue weighted by atomic mass is 32.2. The lowest BCUT2D eigenvalue weighted by atomic mass is 10.2. The van der Waals surface area contributed by atoms with Gasteiger partial charge in [-0.2, -0.15) is 5.26 Å². The van der Waals surface area contributed by atoms with E-state index in [0.717, 1.165) is 6.42 Å². The third-order valence-electron chi connectivity index (χ3n) is 2.80. The normalized spacial score (nSPS) is 21.7. The van der Waals surface area contributed by atoms with Crippen LogP contribution in [0.4, 0.5) is 0 Å². The lowest BCUT2D eigenvalue weighted by Crippen LogP contribution is -2.43. The lowest BCUT2D eigenvalue weighted by Gasteiger charge is -2.19. The SMILES string of the molecule is CCCN(CC#N)CC(=O)N[C@@H]1CCS(=O)(=O)C1. The third-order valence-corrected chi connectivity index (χ3v) is 4.57. The Kier molecular flexibility index (Phi) is 5.56. The maximum absolute atomic E-state index is 11.7. The summed E-state index contributed by atoms with van der Waals surface area (Å²) in [6.07, 6.45) is 1.35. The molecule has 0 bridgehead atoms. The summed E-state index contributed by atoms with van der Waals surface area (Å²) in [4.78, 5) is 13.5. The zero-order chi connectivity index (χ0) is 13.6. The number of carbonyl (C=O) groups is 1. The average molecular weight is 273 g/mol. The van der Waals surface area contributed by atoms with E-state index in [4.69, 9.17) is 5.26 Å². The van der Waals surface area contributed by atoms with Crippen LogP contribution in [-0.2, 0) is 14.6 Å². The molecule has 1 rings (SSSR count). The predicted molar refractivity (Wildman–Crippen MR) is 67.5 cm³/mol. The van der Waals surface area contributed by atoms with Gasteiger partial charge in [0.2, 0.25) is 5.91 Å². The van der Waals surface area contributed by atoms with Crippen molar-refractivity contribution in [3.63, 3.8) is 0 Å². The Labute approximate surface area is 108 Å². The van der Waals surface area contributed by atoms with Crippen molar-refractivity contribution in [1.82, 2.24) is 10.2 Å². The Morgan fingerprint density at radius 1 is 1.56 bits per heavy atom. The van der Waals surface area contributed by atoms with E-state index >= 15 is 0 Å². The van der Waals surface area contributed by atoms with Gasteiger partial charge in [-0.1, -0.05) is 6.92 Å². The van der Waals surface area contributed by atoms with E-state index in [1.165, 1.54) is 0 Å². The number of nitriles is 1. The second kappa shape index (κ2) is 6.71. The minimum absolute atomic E-state index is 0.0325. The van der Waals surface area contributed by atoms with Crippen LogP contribution in [0.3, 0.4) is 0 Å². The highest BCUT2D eigenvalue weighted by Gasteiger charge is 2.29. The minimum atomic E-state index is -2.97. The van der Waals surface area contributed by atoms with Crippen molar-refractivity contribution in [2.24, 2.45) is 0 Å². The van der Waals surface area contributed by atoms with Crippen molar-refractivity contribution in [3.8, 4) is 6.07 Å². The summed E-state index contributed by atoms with van der Waals surface area (Å²) >= 11 is 0. The molecule has 0 aliphatic carbocycles. The zero-order valence-electron chi connectivity index (χ0n) is 10.6. The van der Waals surface area contributed by atoms with E-state index in [-0.39, 0.29) is 36.5 Å². The van der Waals surface area contributed by atoms with Crippen LogP contribution in [0.5, 0.6) is 0 Å². The van der Waals surface area contributed by atoms with Gasteiger partial charge in [0.1, 0.15) is 0 Å². The maximum atomic E-state index is 11.7. The van der Waals surface area contributed by atoms with E-state index < -0.39 is 9.84 Å². The molecule has 0 radical (unpaired) electrons. The van der Waals surface area contributed by atoms with Gasteiger partial charge in [0.05, 0.1) is 30.7 Å². The number of hydrogen-bond acceptors (Lipinski definition) is 5. The van der Waals surface area contributed by atoms with Crippen molar-refractivity contribution in [2.75, 3.05) is 31.1 Å².